The number of carbonyl (C=O) groups excluding carboxylic acids is 1. The molecule has 0 aliphatic carbocycles. The van der Waals surface area contributed by atoms with Gasteiger partial charge < -0.3 is 10.4 Å². The highest BCUT2D eigenvalue weighted by Gasteiger charge is 2.18. The molecule has 1 amide bonds. The van der Waals surface area contributed by atoms with Crippen LogP contribution in [-0.4, -0.2) is 23.7 Å². The van der Waals surface area contributed by atoms with E-state index >= 15 is 0 Å². The molecule has 0 aromatic heterocycles. The summed E-state index contributed by atoms with van der Waals surface area (Å²) in [4.78, 5) is 11.8. The summed E-state index contributed by atoms with van der Waals surface area (Å²) in [6.45, 7) is 3.50. The van der Waals surface area contributed by atoms with Crippen molar-refractivity contribution < 1.29 is 14.3 Å². The third-order valence-corrected chi connectivity index (χ3v) is 2.99. The fraction of sp³-hybridized carbons (Fsp3) is 0.417. The molecule has 17 heavy (non-hydrogen) atoms. The smallest absolute Gasteiger partial charge is 0.254 e. The van der Waals surface area contributed by atoms with Gasteiger partial charge in [-0.15, -0.1) is 0 Å². The third kappa shape index (κ3) is 3.41. The molecule has 94 valence electrons. The number of hydrogen-bond acceptors (Lipinski definition) is 2. The topological polar surface area (TPSA) is 49.3 Å². The minimum atomic E-state index is -0.726. The second-order valence-electron chi connectivity index (χ2n) is 4.02. The fourth-order valence-electron chi connectivity index (χ4n) is 1.26. The first-order chi connectivity index (χ1) is 7.97. The Kier molecular flexibility index (Phi) is 4.90. The molecule has 5 heteroatoms. The van der Waals surface area contributed by atoms with Crippen LogP contribution in [-0.2, 0) is 0 Å². The Balaban J connectivity index is 2.80. The number of rotatable bonds is 4. The van der Waals surface area contributed by atoms with Crippen molar-refractivity contribution in [1.29, 1.82) is 0 Å². The molecule has 0 spiro atoms. The number of aliphatic hydroxyl groups is 1. The molecular formula is C12H15ClFNO2. The second kappa shape index (κ2) is 5.98. The molecule has 1 rings (SSSR count). The first-order valence-corrected chi connectivity index (χ1v) is 5.71. The Bertz CT molecular complexity index is 411. The molecule has 2 unspecified atom stereocenters. The zero-order valence-corrected chi connectivity index (χ0v) is 10.5. The summed E-state index contributed by atoms with van der Waals surface area (Å²) >= 11 is 5.59. The van der Waals surface area contributed by atoms with Gasteiger partial charge in [0.2, 0.25) is 0 Å². The molecule has 1 aromatic carbocycles. The van der Waals surface area contributed by atoms with Gasteiger partial charge in [0.1, 0.15) is 0 Å². The van der Waals surface area contributed by atoms with Gasteiger partial charge in [-0.1, -0.05) is 24.6 Å². The summed E-state index contributed by atoms with van der Waals surface area (Å²) < 4.78 is 13.5. The van der Waals surface area contributed by atoms with Crippen LogP contribution in [0, 0.1) is 11.7 Å². The number of amides is 1. The van der Waals surface area contributed by atoms with E-state index in [-0.39, 0.29) is 29.2 Å². The van der Waals surface area contributed by atoms with Gasteiger partial charge in [0.15, 0.2) is 5.82 Å². The number of carbonyl (C=O) groups is 1. The first-order valence-electron chi connectivity index (χ1n) is 5.33. The van der Waals surface area contributed by atoms with E-state index in [1.54, 1.807) is 13.8 Å². The average molecular weight is 260 g/mol. The average Bonchev–Trinajstić information content (AvgIpc) is 2.31. The van der Waals surface area contributed by atoms with E-state index in [2.05, 4.69) is 5.32 Å². The fourth-order valence-corrected chi connectivity index (χ4v) is 1.44. The standard InChI is InChI=1S/C12H15ClFNO2/c1-7(6-16)8(2)15-12(17)9-4-3-5-10(13)11(9)14/h3-5,7-8,16H,6H2,1-2H3,(H,15,17). The van der Waals surface area contributed by atoms with Crippen LogP contribution < -0.4 is 5.32 Å². The monoisotopic (exact) mass is 259 g/mol. The van der Waals surface area contributed by atoms with Crippen molar-refractivity contribution in [3.63, 3.8) is 0 Å². The van der Waals surface area contributed by atoms with E-state index in [0.29, 0.717) is 0 Å². The number of hydrogen-bond donors (Lipinski definition) is 2. The predicted molar refractivity (Wildman–Crippen MR) is 64.6 cm³/mol. The van der Waals surface area contributed by atoms with Crippen molar-refractivity contribution in [1.82, 2.24) is 5.32 Å². The summed E-state index contributed by atoms with van der Waals surface area (Å²) in [6.07, 6.45) is 0. The van der Waals surface area contributed by atoms with Crippen LogP contribution in [0.4, 0.5) is 4.39 Å². The van der Waals surface area contributed by atoms with Gasteiger partial charge in [0.05, 0.1) is 10.6 Å². The lowest BCUT2D eigenvalue weighted by Crippen LogP contribution is -2.38. The maximum absolute atomic E-state index is 13.5. The van der Waals surface area contributed by atoms with Gasteiger partial charge in [-0.25, -0.2) is 4.39 Å². The summed E-state index contributed by atoms with van der Waals surface area (Å²) in [5, 5.41) is 11.5. The highest BCUT2D eigenvalue weighted by Crippen LogP contribution is 2.18. The molecule has 0 aliphatic heterocycles. The number of benzene rings is 1. The van der Waals surface area contributed by atoms with E-state index in [0.717, 1.165) is 0 Å². The minimum Gasteiger partial charge on any atom is -0.396 e. The van der Waals surface area contributed by atoms with E-state index < -0.39 is 11.7 Å². The highest BCUT2D eigenvalue weighted by atomic mass is 35.5. The Morgan fingerprint density at radius 1 is 1.53 bits per heavy atom. The van der Waals surface area contributed by atoms with Crippen molar-refractivity contribution in [2.75, 3.05) is 6.61 Å². The normalized spacial score (nSPS) is 14.2. The van der Waals surface area contributed by atoms with Gasteiger partial charge in [-0.05, 0) is 25.0 Å². The molecule has 3 nitrogen and oxygen atoms in total. The van der Waals surface area contributed by atoms with Crippen LogP contribution in [0.2, 0.25) is 5.02 Å². The van der Waals surface area contributed by atoms with Gasteiger partial charge in [-0.2, -0.15) is 0 Å². The number of halogens is 2. The first kappa shape index (κ1) is 13.9. The Morgan fingerprint density at radius 2 is 2.18 bits per heavy atom. The highest BCUT2D eigenvalue weighted by molar-refractivity contribution is 6.31. The van der Waals surface area contributed by atoms with Crippen molar-refractivity contribution in [3.05, 3.63) is 34.6 Å². The second-order valence-corrected chi connectivity index (χ2v) is 4.43. The lowest BCUT2D eigenvalue weighted by Gasteiger charge is -2.19. The zero-order valence-electron chi connectivity index (χ0n) is 9.71. The van der Waals surface area contributed by atoms with Gasteiger partial charge >= 0.3 is 0 Å². The number of aliphatic hydroxyl groups excluding tert-OH is 1. The van der Waals surface area contributed by atoms with E-state index in [1.807, 2.05) is 0 Å². The third-order valence-electron chi connectivity index (χ3n) is 2.70. The van der Waals surface area contributed by atoms with Gasteiger partial charge in [0.25, 0.3) is 5.91 Å². The summed E-state index contributed by atoms with van der Waals surface area (Å²) in [6, 6.07) is 4.02. The Labute approximate surface area is 105 Å². The van der Waals surface area contributed by atoms with Crippen molar-refractivity contribution in [2.24, 2.45) is 5.92 Å². The Morgan fingerprint density at radius 3 is 2.76 bits per heavy atom. The quantitative estimate of drug-likeness (QED) is 0.871. The van der Waals surface area contributed by atoms with Crippen LogP contribution in [0.15, 0.2) is 18.2 Å². The molecule has 1 aromatic rings. The zero-order chi connectivity index (χ0) is 13.0. The molecule has 0 saturated heterocycles. The molecule has 0 saturated carbocycles. The molecular weight excluding hydrogens is 245 g/mol. The van der Waals surface area contributed by atoms with Gasteiger partial charge in [-0.3, -0.25) is 4.79 Å². The van der Waals surface area contributed by atoms with Crippen LogP contribution in [0.25, 0.3) is 0 Å². The van der Waals surface area contributed by atoms with Crippen molar-refractivity contribution in [3.8, 4) is 0 Å². The summed E-state index contributed by atoms with van der Waals surface area (Å²) in [7, 11) is 0. The van der Waals surface area contributed by atoms with Crippen molar-refractivity contribution in [2.45, 2.75) is 19.9 Å². The molecule has 0 bridgehead atoms. The van der Waals surface area contributed by atoms with Crippen LogP contribution in [0.1, 0.15) is 24.2 Å². The Hall–Kier alpha value is -1.13. The lowest BCUT2D eigenvalue weighted by molar-refractivity contribution is 0.0912. The summed E-state index contributed by atoms with van der Waals surface area (Å²) in [5.74, 6) is -1.35. The van der Waals surface area contributed by atoms with Crippen LogP contribution in [0.3, 0.4) is 0 Å². The van der Waals surface area contributed by atoms with Gasteiger partial charge in [0, 0.05) is 12.6 Å². The lowest BCUT2D eigenvalue weighted by atomic mass is 10.0. The molecule has 2 atom stereocenters. The molecule has 0 aliphatic rings. The molecule has 0 radical (unpaired) electrons. The predicted octanol–water partition coefficient (Wildman–Crippen LogP) is 2.23. The van der Waals surface area contributed by atoms with Crippen LogP contribution in [0.5, 0.6) is 0 Å². The maximum Gasteiger partial charge on any atom is 0.254 e. The van der Waals surface area contributed by atoms with E-state index in [1.165, 1.54) is 18.2 Å². The molecule has 0 fully saturated rings. The van der Waals surface area contributed by atoms with E-state index in [4.69, 9.17) is 16.7 Å². The SMILES string of the molecule is CC(CO)C(C)NC(=O)c1cccc(Cl)c1F. The molecule has 2 N–H and O–H groups in total. The maximum atomic E-state index is 13.5. The molecule has 0 heterocycles. The van der Waals surface area contributed by atoms with Crippen LogP contribution >= 0.6 is 11.6 Å². The van der Waals surface area contributed by atoms with E-state index in [9.17, 15) is 9.18 Å². The summed E-state index contributed by atoms with van der Waals surface area (Å²) in [5.41, 5.74) is -0.0884. The largest absolute Gasteiger partial charge is 0.396 e. The minimum absolute atomic E-state index is 0.0422. The van der Waals surface area contributed by atoms with Crippen molar-refractivity contribution >= 4 is 17.5 Å². The number of nitrogens with one attached hydrogen (secondary N) is 1.